The third-order valence-corrected chi connectivity index (χ3v) is 5.36. The van der Waals surface area contributed by atoms with Crippen molar-refractivity contribution in [1.82, 2.24) is 15.2 Å². The molecule has 1 fully saturated rings. The zero-order valence-electron chi connectivity index (χ0n) is 17.4. The lowest BCUT2D eigenvalue weighted by molar-refractivity contribution is -0.121. The smallest absolute Gasteiger partial charge is 0.266 e. The van der Waals surface area contributed by atoms with Crippen LogP contribution < -0.4 is 10.9 Å². The normalized spacial score (nSPS) is 16.0. The van der Waals surface area contributed by atoms with Crippen LogP contribution in [0.15, 0.2) is 4.79 Å². The number of pyridine rings is 1. The SMILES string of the molecule is Cc1[nH]c(=O)c(C#N)c(C)c1CCC(=O)NCC(CC(C)C)N1CCOCC1. The molecule has 1 aliphatic rings. The van der Waals surface area contributed by atoms with E-state index in [1.807, 2.05) is 6.07 Å². The maximum Gasteiger partial charge on any atom is 0.266 e. The molecule has 1 aliphatic heterocycles. The summed E-state index contributed by atoms with van der Waals surface area (Å²) in [7, 11) is 0. The van der Waals surface area contributed by atoms with Gasteiger partial charge in [-0.25, -0.2) is 0 Å². The number of nitrogens with one attached hydrogen (secondary N) is 2. The highest BCUT2D eigenvalue weighted by molar-refractivity contribution is 5.76. The Labute approximate surface area is 167 Å². The predicted molar refractivity (Wildman–Crippen MR) is 108 cm³/mol. The van der Waals surface area contributed by atoms with Gasteiger partial charge in [0.05, 0.1) is 13.2 Å². The van der Waals surface area contributed by atoms with Crippen LogP contribution in [0.25, 0.3) is 0 Å². The molecule has 1 amide bonds. The van der Waals surface area contributed by atoms with Gasteiger partial charge in [0, 0.05) is 37.8 Å². The zero-order valence-corrected chi connectivity index (χ0v) is 17.4. The summed E-state index contributed by atoms with van der Waals surface area (Å²) < 4.78 is 5.44. The number of nitrogens with zero attached hydrogens (tertiary/aromatic N) is 2. The minimum absolute atomic E-state index is 0.00877. The van der Waals surface area contributed by atoms with E-state index in [1.165, 1.54) is 0 Å². The van der Waals surface area contributed by atoms with Gasteiger partial charge >= 0.3 is 0 Å². The Balaban J connectivity index is 1.94. The molecule has 1 atom stereocenters. The second kappa shape index (κ2) is 10.4. The highest BCUT2D eigenvalue weighted by atomic mass is 16.5. The summed E-state index contributed by atoms with van der Waals surface area (Å²) in [5.41, 5.74) is 2.03. The van der Waals surface area contributed by atoms with Crippen molar-refractivity contribution in [3.05, 3.63) is 32.7 Å². The number of amides is 1. The number of morpholine rings is 1. The second-order valence-electron chi connectivity index (χ2n) is 7.91. The number of nitriles is 1. The van der Waals surface area contributed by atoms with Crippen molar-refractivity contribution in [3.8, 4) is 6.07 Å². The van der Waals surface area contributed by atoms with E-state index in [0.29, 0.717) is 36.9 Å². The molecule has 28 heavy (non-hydrogen) atoms. The fraction of sp³-hybridized carbons (Fsp3) is 0.667. The molecule has 1 unspecified atom stereocenters. The molecule has 2 N–H and O–H groups in total. The average molecular weight is 389 g/mol. The Morgan fingerprint density at radius 3 is 2.61 bits per heavy atom. The summed E-state index contributed by atoms with van der Waals surface area (Å²) in [6.45, 7) is 11.9. The number of hydrogen-bond acceptors (Lipinski definition) is 5. The molecule has 1 saturated heterocycles. The number of aromatic amines is 1. The first-order valence-corrected chi connectivity index (χ1v) is 10.0. The van der Waals surface area contributed by atoms with E-state index in [4.69, 9.17) is 4.74 Å². The number of aromatic nitrogens is 1. The topological polar surface area (TPSA) is 98.2 Å². The molecule has 0 saturated carbocycles. The summed E-state index contributed by atoms with van der Waals surface area (Å²) in [5.74, 6) is 0.547. The molecule has 0 radical (unpaired) electrons. The van der Waals surface area contributed by atoms with Crippen molar-refractivity contribution >= 4 is 5.91 Å². The molecule has 154 valence electrons. The quantitative estimate of drug-likeness (QED) is 0.706. The first-order chi connectivity index (χ1) is 13.3. The third-order valence-electron chi connectivity index (χ3n) is 5.36. The molecular weight excluding hydrogens is 356 g/mol. The van der Waals surface area contributed by atoms with Gasteiger partial charge in [0.2, 0.25) is 5.91 Å². The molecular formula is C21H32N4O3. The predicted octanol–water partition coefficient (Wildman–Crippen LogP) is 1.66. The van der Waals surface area contributed by atoms with Crippen LogP contribution in [-0.2, 0) is 16.0 Å². The fourth-order valence-electron chi connectivity index (χ4n) is 3.83. The largest absolute Gasteiger partial charge is 0.379 e. The minimum Gasteiger partial charge on any atom is -0.379 e. The standard InChI is InChI=1S/C21H32N4O3/c1-14(2)11-17(25-7-9-28-10-8-25)13-23-20(26)6-5-18-15(3)19(12-22)21(27)24-16(18)4/h14,17H,5-11,13H2,1-4H3,(H,23,26)(H,24,27). The first kappa shape index (κ1) is 22.1. The van der Waals surface area contributed by atoms with Crippen molar-refractivity contribution < 1.29 is 9.53 Å². The summed E-state index contributed by atoms with van der Waals surface area (Å²) in [6, 6.07) is 2.27. The van der Waals surface area contributed by atoms with Crippen molar-refractivity contribution in [2.45, 2.75) is 53.0 Å². The van der Waals surface area contributed by atoms with Crippen LogP contribution in [0.5, 0.6) is 0 Å². The fourth-order valence-corrected chi connectivity index (χ4v) is 3.83. The Bertz CT molecular complexity index is 773. The Morgan fingerprint density at radius 2 is 2.00 bits per heavy atom. The van der Waals surface area contributed by atoms with E-state index in [9.17, 15) is 14.9 Å². The number of hydrogen-bond donors (Lipinski definition) is 2. The molecule has 2 heterocycles. The van der Waals surface area contributed by atoms with Gasteiger partial charge in [-0.2, -0.15) is 5.26 Å². The van der Waals surface area contributed by atoms with Gasteiger partial charge in [0.25, 0.3) is 5.56 Å². The maximum absolute atomic E-state index is 12.4. The van der Waals surface area contributed by atoms with Crippen LogP contribution >= 0.6 is 0 Å². The van der Waals surface area contributed by atoms with Gasteiger partial charge < -0.3 is 15.0 Å². The van der Waals surface area contributed by atoms with Crippen LogP contribution in [0.2, 0.25) is 0 Å². The molecule has 0 aromatic carbocycles. The number of H-pyrrole nitrogens is 1. The number of ether oxygens (including phenoxy) is 1. The van der Waals surface area contributed by atoms with E-state index in [-0.39, 0.29) is 17.0 Å². The second-order valence-corrected chi connectivity index (χ2v) is 7.91. The molecule has 0 spiro atoms. The van der Waals surface area contributed by atoms with Crippen LogP contribution in [-0.4, -0.2) is 54.7 Å². The summed E-state index contributed by atoms with van der Waals surface area (Å²) in [4.78, 5) is 29.4. The number of rotatable bonds is 8. The van der Waals surface area contributed by atoms with Gasteiger partial charge in [0.15, 0.2) is 0 Å². The van der Waals surface area contributed by atoms with E-state index in [0.717, 1.165) is 44.0 Å². The first-order valence-electron chi connectivity index (χ1n) is 10.0. The highest BCUT2D eigenvalue weighted by Crippen LogP contribution is 2.16. The Hall–Kier alpha value is -2.17. The molecule has 1 aromatic rings. The van der Waals surface area contributed by atoms with Crippen LogP contribution in [0, 0.1) is 31.1 Å². The minimum atomic E-state index is -0.368. The van der Waals surface area contributed by atoms with E-state index >= 15 is 0 Å². The Kier molecular flexibility index (Phi) is 8.21. The van der Waals surface area contributed by atoms with Gasteiger partial charge in [-0.15, -0.1) is 0 Å². The summed E-state index contributed by atoms with van der Waals surface area (Å²) in [5, 5.41) is 12.2. The number of carbonyl (C=O) groups excluding carboxylic acids is 1. The van der Waals surface area contributed by atoms with Gasteiger partial charge in [-0.1, -0.05) is 13.8 Å². The van der Waals surface area contributed by atoms with E-state index in [1.54, 1.807) is 13.8 Å². The highest BCUT2D eigenvalue weighted by Gasteiger charge is 2.22. The molecule has 0 aliphatic carbocycles. The molecule has 7 heteroatoms. The lowest BCUT2D eigenvalue weighted by atomic mass is 9.98. The van der Waals surface area contributed by atoms with Gasteiger partial charge in [-0.05, 0) is 43.7 Å². The van der Waals surface area contributed by atoms with Crippen LogP contribution in [0.1, 0.15) is 49.1 Å². The third kappa shape index (κ3) is 5.91. The average Bonchev–Trinajstić information content (AvgIpc) is 2.65. The lowest BCUT2D eigenvalue weighted by Gasteiger charge is -2.35. The van der Waals surface area contributed by atoms with Crippen molar-refractivity contribution in [1.29, 1.82) is 5.26 Å². The van der Waals surface area contributed by atoms with Crippen LogP contribution in [0.4, 0.5) is 0 Å². The summed E-state index contributed by atoms with van der Waals surface area (Å²) >= 11 is 0. The van der Waals surface area contributed by atoms with Crippen molar-refractivity contribution in [2.24, 2.45) is 5.92 Å². The zero-order chi connectivity index (χ0) is 20.7. The monoisotopic (exact) mass is 388 g/mol. The van der Waals surface area contributed by atoms with Crippen molar-refractivity contribution in [2.75, 3.05) is 32.8 Å². The maximum atomic E-state index is 12.4. The lowest BCUT2D eigenvalue weighted by Crippen LogP contribution is -2.49. The van der Waals surface area contributed by atoms with E-state index in [2.05, 4.69) is 29.0 Å². The summed E-state index contributed by atoms with van der Waals surface area (Å²) in [6.07, 6.45) is 1.86. The number of carbonyl (C=O) groups is 1. The Morgan fingerprint density at radius 1 is 1.32 bits per heavy atom. The van der Waals surface area contributed by atoms with Crippen LogP contribution in [0.3, 0.4) is 0 Å². The molecule has 2 rings (SSSR count). The van der Waals surface area contributed by atoms with Gasteiger partial charge in [0.1, 0.15) is 11.6 Å². The van der Waals surface area contributed by atoms with Gasteiger partial charge in [-0.3, -0.25) is 14.5 Å². The molecule has 1 aromatic heterocycles. The van der Waals surface area contributed by atoms with E-state index < -0.39 is 0 Å². The molecule has 7 nitrogen and oxygen atoms in total. The number of aryl methyl sites for hydroxylation is 1. The van der Waals surface area contributed by atoms with Crippen molar-refractivity contribution in [3.63, 3.8) is 0 Å². The molecule has 0 bridgehead atoms.